The highest BCUT2D eigenvalue weighted by atomic mass is 15.3. The van der Waals surface area contributed by atoms with E-state index in [9.17, 15) is 0 Å². The molecule has 21 heavy (non-hydrogen) atoms. The fourth-order valence-electron chi connectivity index (χ4n) is 2.93. The number of benzene rings is 1. The molecule has 0 spiro atoms. The smallest absolute Gasteiger partial charge is 0.0659 e. The maximum absolute atomic E-state index is 4.45. The monoisotopic (exact) mass is 283 g/mol. The lowest BCUT2D eigenvalue weighted by molar-refractivity contribution is 0.338. The number of hydrogen-bond donors (Lipinski definition) is 1. The Hall–Kier alpha value is -1.61. The minimum atomic E-state index is 0.569. The summed E-state index contributed by atoms with van der Waals surface area (Å²) in [4.78, 5) is 0. The van der Waals surface area contributed by atoms with E-state index in [0.29, 0.717) is 5.41 Å². The largest absolute Gasteiger partial charge is 0.312 e. The highest BCUT2D eigenvalue weighted by Gasteiger charge is 2.44. The maximum Gasteiger partial charge on any atom is 0.0659 e. The molecule has 0 amide bonds. The van der Waals surface area contributed by atoms with Crippen LogP contribution in [0.3, 0.4) is 0 Å². The standard InChI is InChI=1S/C18H25N3/c1-15(2)18(8-9-18)14-19-10-17-11-20-21(13-17)12-16-6-4-3-5-7-16/h3-7,11,13,15,19H,8-10,12,14H2,1-2H3. The lowest BCUT2D eigenvalue weighted by Gasteiger charge is -2.19. The van der Waals surface area contributed by atoms with Crippen LogP contribution < -0.4 is 5.32 Å². The molecule has 3 rings (SSSR count). The van der Waals surface area contributed by atoms with Crippen molar-refractivity contribution in [3.8, 4) is 0 Å². The Kier molecular flexibility index (Phi) is 4.11. The van der Waals surface area contributed by atoms with Crippen molar-refractivity contribution in [1.29, 1.82) is 0 Å². The minimum Gasteiger partial charge on any atom is -0.312 e. The lowest BCUT2D eigenvalue weighted by Crippen LogP contribution is -2.27. The Morgan fingerprint density at radius 2 is 1.95 bits per heavy atom. The van der Waals surface area contributed by atoms with Gasteiger partial charge < -0.3 is 5.32 Å². The fourth-order valence-corrected chi connectivity index (χ4v) is 2.93. The third-order valence-corrected chi connectivity index (χ3v) is 4.80. The van der Waals surface area contributed by atoms with E-state index >= 15 is 0 Å². The van der Waals surface area contributed by atoms with Gasteiger partial charge >= 0.3 is 0 Å². The van der Waals surface area contributed by atoms with Crippen LogP contribution in [0.2, 0.25) is 0 Å². The van der Waals surface area contributed by atoms with Gasteiger partial charge in [0.05, 0.1) is 12.7 Å². The van der Waals surface area contributed by atoms with E-state index < -0.39 is 0 Å². The van der Waals surface area contributed by atoms with Gasteiger partial charge in [-0.1, -0.05) is 44.2 Å². The van der Waals surface area contributed by atoms with Crippen molar-refractivity contribution in [3.63, 3.8) is 0 Å². The van der Waals surface area contributed by atoms with E-state index in [1.807, 2.05) is 16.9 Å². The number of hydrogen-bond acceptors (Lipinski definition) is 2. The van der Waals surface area contributed by atoms with Crippen LogP contribution in [-0.2, 0) is 13.1 Å². The molecule has 1 aromatic heterocycles. The second-order valence-electron chi connectivity index (χ2n) is 6.65. The van der Waals surface area contributed by atoms with E-state index in [4.69, 9.17) is 0 Å². The van der Waals surface area contributed by atoms with Gasteiger partial charge in [-0.05, 0) is 29.7 Å². The van der Waals surface area contributed by atoms with Crippen molar-refractivity contribution in [2.45, 2.75) is 39.8 Å². The Morgan fingerprint density at radius 1 is 1.19 bits per heavy atom. The predicted molar refractivity (Wildman–Crippen MR) is 86.0 cm³/mol. The predicted octanol–water partition coefficient (Wildman–Crippen LogP) is 3.46. The molecule has 112 valence electrons. The van der Waals surface area contributed by atoms with E-state index in [-0.39, 0.29) is 0 Å². The first-order chi connectivity index (χ1) is 10.2. The van der Waals surface area contributed by atoms with Gasteiger partial charge in [0, 0.05) is 24.8 Å². The summed E-state index contributed by atoms with van der Waals surface area (Å²) in [7, 11) is 0. The van der Waals surface area contributed by atoms with Crippen LogP contribution in [0.15, 0.2) is 42.7 Å². The average molecular weight is 283 g/mol. The second-order valence-corrected chi connectivity index (χ2v) is 6.65. The molecule has 1 aromatic carbocycles. The minimum absolute atomic E-state index is 0.569. The molecule has 1 heterocycles. The molecule has 1 aliphatic carbocycles. The van der Waals surface area contributed by atoms with Crippen LogP contribution in [-0.4, -0.2) is 16.3 Å². The number of rotatable bonds is 7. The molecule has 3 nitrogen and oxygen atoms in total. The molecule has 0 saturated heterocycles. The summed E-state index contributed by atoms with van der Waals surface area (Å²) >= 11 is 0. The summed E-state index contributed by atoms with van der Waals surface area (Å²) in [5.74, 6) is 0.783. The first-order valence-corrected chi connectivity index (χ1v) is 7.94. The molecule has 0 bridgehead atoms. The summed E-state index contributed by atoms with van der Waals surface area (Å²) in [6.07, 6.45) is 6.88. The van der Waals surface area contributed by atoms with Crippen LogP contribution in [0.4, 0.5) is 0 Å². The van der Waals surface area contributed by atoms with Gasteiger partial charge in [0.1, 0.15) is 0 Å². The quantitative estimate of drug-likeness (QED) is 0.843. The van der Waals surface area contributed by atoms with Crippen LogP contribution in [0.5, 0.6) is 0 Å². The van der Waals surface area contributed by atoms with Gasteiger partial charge in [0.2, 0.25) is 0 Å². The van der Waals surface area contributed by atoms with Crippen molar-refractivity contribution in [3.05, 3.63) is 53.9 Å². The number of aromatic nitrogens is 2. The first-order valence-electron chi connectivity index (χ1n) is 7.94. The molecule has 0 aliphatic heterocycles. The molecule has 0 radical (unpaired) electrons. The van der Waals surface area contributed by atoms with Crippen LogP contribution in [0.25, 0.3) is 0 Å². The second kappa shape index (κ2) is 6.02. The first kappa shape index (κ1) is 14.3. The molecular weight excluding hydrogens is 258 g/mol. The average Bonchev–Trinajstić information content (AvgIpc) is 3.15. The normalized spacial score (nSPS) is 16.3. The Balaban J connectivity index is 1.49. The maximum atomic E-state index is 4.45. The summed E-state index contributed by atoms with van der Waals surface area (Å²) in [5, 5.41) is 8.06. The summed E-state index contributed by atoms with van der Waals surface area (Å²) in [6.45, 7) is 7.58. The molecule has 1 fully saturated rings. The Morgan fingerprint density at radius 3 is 2.62 bits per heavy atom. The van der Waals surface area contributed by atoms with Crippen molar-refractivity contribution in [1.82, 2.24) is 15.1 Å². The van der Waals surface area contributed by atoms with Gasteiger partial charge in [0.15, 0.2) is 0 Å². The molecule has 1 N–H and O–H groups in total. The Labute approximate surface area is 127 Å². The SMILES string of the molecule is CC(C)C1(CNCc2cnn(Cc3ccccc3)c2)CC1. The molecule has 2 aromatic rings. The van der Waals surface area contributed by atoms with Crippen molar-refractivity contribution < 1.29 is 0 Å². The highest BCUT2D eigenvalue weighted by molar-refractivity contribution is 5.15. The molecular formula is C18H25N3. The van der Waals surface area contributed by atoms with E-state index in [2.05, 4.69) is 54.7 Å². The molecule has 0 unspecified atom stereocenters. The van der Waals surface area contributed by atoms with Gasteiger partial charge in [0.25, 0.3) is 0 Å². The van der Waals surface area contributed by atoms with Crippen molar-refractivity contribution in [2.24, 2.45) is 11.3 Å². The lowest BCUT2D eigenvalue weighted by atomic mass is 9.92. The third-order valence-electron chi connectivity index (χ3n) is 4.80. The topological polar surface area (TPSA) is 29.9 Å². The zero-order valence-electron chi connectivity index (χ0n) is 13.0. The van der Waals surface area contributed by atoms with Gasteiger partial charge in [-0.3, -0.25) is 4.68 Å². The summed E-state index contributed by atoms with van der Waals surface area (Å²) < 4.78 is 2.02. The molecule has 0 atom stereocenters. The van der Waals surface area contributed by atoms with Crippen molar-refractivity contribution in [2.75, 3.05) is 6.54 Å². The van der Waals surface area contributed by atoms with Crippen LogP contribution in [0, 0.1) is 11.3 Å². The van der Waals surface area contributed by atoms with Crippen molar-refractivity contribution >= 4 is 0 Å². The van der Waals surface area contributed by atoms with E-state index in [0.717, 1.165) is 25.6 Å². The highest BCUT2D eigenvalue weighted by Crippen LogP contribution is 2.51. The zero-order chi connectivity index (χ0) is 14.7. The summed E-state index contributed by atoms with van der Waals surface area (Å²) in [6, 6.07) is 10.5. The zero-order valence-corrected chi connectivity index (χ0v) is 13.0. The van der Waals surface area contributed by atoms with Gasteiger partial charge in [-0.25, -0.2) is 0 Å². The Bertz CT molecular complexity index is 567. The van der Waals surface area contributed by atoms with Crippen LogP contribution >= 0.6 is 0 Å². The number of nitrogens with one attached hydrogen (secondary N) is 1. The third kappa shape index (κ3) is 3.53. The van der Waals surface area contributed by atoms with Gasteiger partial charge in [-0.15, -0.1) is 0 Å². The fraction of sp³-hybridized carbons (Fsp3) is 0.500. The van der Waals surface area contributed by atoms with Gasteiger partial charge in [-0.2, -0.15) is 5.10 Å². The van der Waals surface area contributed by atoms with Crippen LogP contribution in [0.1, 0.15) is 37.8 Å². The summed E-state index contributed by atoms with van der Waals surface area (Å²) in [5.41, 5.74) is 3.13. The molecule has 3 heteroatoms. The van der Waals surface area contributed by atoms with E-state index in [1.54, 1.807) is 0 Å². The van der Waals surface area contributed by atoms with E-state index in [1.165, 1.54) is 24.0 Å². The molecule has 1 saturated carbocycles. The number of nitrogens with zero attached hydrogens (tertiary/aromatic N) is 2. The molecule has 1 aliphatic rings.